The van der Waals surface area contributed by atoms with Crippen molar-refractivity contribution in [3.05, 3.63) is 140 Å². The first-order valence-electron chi connectivity index (χ1n) is 23.9. The zero-order chi connectivity index (χ0) is 48.5. The van der Waals surface area contributed by atoms with Gasteiger partial charge in [-0.2, -0.15) is 0 Å². The molecule has 0 radical (unpaired) electrons. The average molecular weight is 946 g/mol. The first kappa shape index (κ1) is 49.7. The van der Waals surface area contributed by atoms with Gasteiger partial charge in [-0.3, -0.25) is 19.2 Å². The van der Waals surface area contributed by atoms with Gasteiger partial charge in [0.25, 0.3) is 0 Å². The van der Waals surface area contributed by atoms with Crippen LogP contribution in [0.1, 0.15) is 160 Å². The highest BCUT2D eigenvalue weighted by molar-refractivity contribution is 6.31. The highest BCUT2D eigenvalue weighted by Gasteiger charge is 2.36. The summed E-state index contributed by atoms with van der Waals surface area (Å²) in [6, 6.07) is 26.7. The van der Waals surface area contributed by atoms with Crippen molar-refractivity contribution in [1.29, 1.82) is 0 Å². The van der Waals surface area contributed by atoms with Crippen LogP contribution in [0.15, 0.2) is 84.9 Å². The first-order valence-corrected chi connectivity index (χ1v) is 24.7. The number of hydrogen-bond acceptors (Lipinski definition) is 5. The lowest BCUT2D eigenvalue weighted by Gasteiger charge is -2.29. The van der Waals surface area contributed by atoms with E-state index in [0.717, 1.165) is 46.3 Å². The topological polar surface area (TPSA) is 108 Å². The fraction of sp³-hybridized carbons (Fsp3) is 0.439. The molecule has 2 fully saturated rings. The summed E-state index contributed by atoms with van der Waals surface area (Å²) in [5, 5.41) is 12.9. The van der Waals surface area contributed by atoms with Crippen molar-refractivity contribution in [2.24, 2.45) is 22.7 Å². The maximum atomic E-state index is 13.9. The minimum atomic E-state index is -0.998. The SMILES string of the molecule is CC(C)c1ccc2c(C(=O)c3ccc(Cl)cc3)c(CC(C)(C)C(=O)O)n(CC3CCC3)c2c1.COC(=O)C(C)(C)Cc1c(C(=O)c2ccc(Cl)cc2)c2ccc(C(C)C)cc2n1CC1CCC1. The summed E-state index contributed by atoms with van der Waals surface area (Å²) in [5.41, 5.74) is 6.99. The van der Waals surface area contributed by atoms with Crippen LogP contribution in [0.2, 0.25) is 10.0 Å². The van der Waals surface area contributed by atoms with Gasteiger partial charge in [-0.15, -0.1) is 0 Å². The molecule has 354 valence electrons. The second-order valence-electron chi connectivity index (χ2n) is 20.9. The van der Waals surface area contributed by atoms with Crippen LogP contribution in [0, 0.1) is 22.7 Å². The molecule has 8 nitrogen and oxygen atoms in total. The number of fused-ring (bicyclic) bond motifs is 2. The second-order valence-corrected chi connectivity index (χ2v) is 21.8. The minimum Gasteiger partial charge on any atom is -0.481 e. The molecule has 2 heterocycles. The van der Waals surface area contributed by atoms with Crippen LogP contribution in [0.4, 0.5) is 0 Å². The van der Waals surface area contributed by atoms with Gasteiger partial charge in [0.1, 0.15) is 0 Å². The number of hydrogen-bond donors (Lipinski definition) is 1. The third kappa shape index (κ3) is 10.6. The van der Waals surface area contributed by atoms with Gasteiger partial charge in [-0.1, -0.05) is 88.0 Å². The van der Waals surface area contributed by atoms with Crippen molar-refractivity contribution in [2.45, 2.75) is 132 Å². The molecule has 1 N–H and O–H groups in total. The zero-order valence-electron chi connectivity index (χ0n) is 40.6. The van der Waals surface area contributed by atoms with E-state index in [4.69, 9.17) is 27.9 Å². The zero-order valence-corrected chi connectivity index (χ0v) is 42.1. The summed E-state index contributed by atoms with van der Waals surface area (Å²) in [6.45, 7) is 17.6. The van der Waals surface area contributed by atoms with Crippen molar-refractivity contribution in [3.63, 3.8) is 0 Å². The Kier molecular flexibility index (Phi) is 15.0. The van der Waals surface area contributed by atoms with Gasteiger partial charge < -0.3 is 19.0 Å². The highest BCUT2D eigenvalue weighted by atomic mass is 35.5. The molecule has 8 rings (SSSR count). The van der Waals surface area contributed by atoms with Crippen LogP contribution in [0.25, 0.3) is 21.8 Å². The molecule has 2 saturated carbocycles. The predicted octanol–water partition coefficient (Wildman–Crippen LogP) is 14.3. The van der Waals surface area contributed by atoms with Gasteiger partial charge >= 0.3 is 11.9 Å². The Labute approximate surface area is 406 Å². The van der Waals surface area contributed by atoms with Crippen LogP contribution in [0.5, 0.6) is 0 Å². The third-order valence-corrected chi connectivity index (χ3v) is 14.8. The fourth-order valence-corrected chi connectivity index (χ4v) is 9.72. The number of benzene rings is 4. The number of ether oxygens (including phenoxy) is 1. The molecule has 6 aromatic rings. The number of halogens is 2. The summed E-state index contributed by atoms with van der Waals surface area (Å²) in [6.07, 6.45) is 7.93. The molecular weight excluding hydrogens is 880 g/mol. The van der Waals surface area contributed by atoms with E-state index in [2.05, 4.69) is 67.2 Å². The molecule has 10 heteroatoms. The number of esters is 1. The van der Waals surface area contributed by atoms with Crippen LogP contribution in [-0.2, 0) is 40.3 Å². The number of methoxy groups -OCH3 is 1. The number of carbonyl (C=O) groups excluding carboxylic acids is 3. The van der Waals surface area contributed by atoms with Gasteiger partial charge in [0.05, 0.1) is 29.1 Å². The van der Waals surface area contributed by atoms with Crippen LogP contribution >= 0.6 is 23.2 Å². The van der Waals surface area contributed by atoms with E-state index in [1.54, 1.807) is 62.4 Å². The Morgan fingerprint density at radius 2 is 0.985 bits per heavy atom. The average Bonchev–Trinajstić information content (AvgIpc) is 3.71. The number of carbonyl (C=O) groups is 4. The largest absolute Gasteiger partial charge is 0.481 e. The summed E-state index contributed by atoms with van der Waals surface area (Å²) >= 11 is 12.2. The molecule has 67 heavy (non-hydrogen) atoms. The highest BCUT2D eigenvalue weighted by Crippen LogP contribution is 2.40. The number of aromatic nitrogens is 2. The number of carboxylic acids is 1. The first-order chi connectivity index (χ1) is 31.7. The molecule has 0 amide bonds. The van der Waals surface area contributed by atoms with Crippen LogP contribution in [-0.4, -0.2) is 44.9 Å². The molecule has 0 unspecified atom stereocenters. The van der Waals surface area contributed by atoms with Gasteiger partial charge in [-0.05, 0) is 149 Å². The number of carboxylic acid groups (broad SMARTS) is 1. The fourth-order valence-electron chi connectivity index (χ4n) is 9.47. The number of aliphatic carboxylic acids is 1. The monoisotopic (exact) mass is 944 g/mol. The second kappa shape index (κ2) is 20.2. The standard InChI is InChI=1S/C29H34ClNO3.C28H32ClNO3/c1-18(2)21-11-14-23-24(15-21)31(17-19-7-6-8-19)25(16-29(3,4)28(33)34-5)26(23)27(32)20-9-12-22(30)13-10-20;1-17(2)20-10-13-22-23(14-20)30(16-18-6-5-7-18)24(15-28(3,4)27(32)33)25(22)26(31)19-8-11-21(29)12-9-19/h9-15,18-19H,6-8,16-17H2,1-5H3;8-14,17-18H,5-7,15-16H2,1-4H3,(H,32,33). The lowest BCUT2D eigenvalue weighted by atomic mass is 9.84. The summed E-state index contributed by atoms with van der Waals surface area (Å²) < 4.78 is 9.68. The normalized spacial score (nSPS) is 14.5. The number of ketones is 2. The van der Waals surface area contributed by atoms with Crippen LogP contribution in [0.3, 0.4) is 0 Å². The summed E-state index contributed by atoms with van der Waals surface area (Å²) in [5.74, 6) is 0.624. The number of nitrogens with zero attached hydrogens (tertiary/aromatic N) is 2. The predicted molar refractivity (Wildman–Crippen MR) is 271 cm³/mol. The Morgan fingerprint density at radius 3 is 1.30 bits per heavy atom. The quantitative estimate of drug-likeness (QED) is 0.0765. The molecule has 2 aliphatic carbocycles. The molecule has 2 aliphatic rings. The lowest BCUT2D eigenvalue weighted by molar-refractivity contribution is -0.150. The smallest absolute Gasteiger partial charge is 0.311 e. The lowest BCUT2D eigenvalue weighted by Crippen LogP contribution is -2.30. The molecule has 0 spiro atoms. The van der Waals surface area contributed by atoms with E-state index in [9.17, 15) is 24.3 Å². The van der Waals surface area contributed by atoms with Gasteiger partial charge in [0.15, 0.2) is 11.6 Å². The van der Waals surface area contributed by atoms with Crippen molar-refractivity contribution in [2.75, 3.05) is 7.11 Å². The van der Waals surface area contributed by atoms with Crippen LogP contribution < -0.4 is 0 Å². The molecule has 0 aliphatic heterocycles. The van der Waals surface area contributed by atoms with E-state index in [0.29, 0.717) is 62.4 Å². The van der Waals surface area contributed by atoms with Gasteiger partial charge in [0, 0.05) is 80.3 Å². The molecule has 2 aromatic heterocycles. The summed E-state index contributed by atoms with van der Waals surface area (Å²) in [4.78, 5) is 52.5. The van der Waals surface area contributed by atoms with E-state index < -0.39 is 16.8 Å². The van der Waals surface area contributed by atoms with E-state index in [1.807, 2.05) is 19.9 Å². The van der Waals surface area contributed by atoms with Crippen molar-refractivity contribution >= 4 is 68.5 Å². The molecule has 0 atom stereocenters. The van der Waals surface area contributed by atoms with E-state index in [-0.39, 0.29) is 24.0 Å². The van der Waals surface area contributed by atoms with Gasteiger partial charge in [-0.25, -0.2) is 0 Å². The third-order valence-electron chi connectivity index (χ3n) is 14.3. The van der Waals surface area contributed by atoms with E-state index in [1.165, 1.54) is 56.8 Å². The molecular formula is C57H66Cl2N2O6. The number of rotatable bonds is 16. The Hall–Kier alpha value is -5.18. The minimum absolute atomic E-state index is 0.0398. The molecule has 0 bridgehead atoms. The molecule has 0 saturated heterocycles. The Morgan fingerprint density at radius 1 is 0.612 bits per heavy atom. The van der Waals surface area contributed by atoms with E-state index >= 15 is 0 Å². The Balaban J connectivity index is 0.000000199. The van der Waals surface area contributed by atoms with Crippen molar-refractivity contribution < 1.29 is 29.0 Å². The summed E-state index contributed by atoms with van der Waals surface area (Å²) in [7, 11) is 1.42. The maximum Gasteiger partial charge on any atom is 0.311 e. The Bertz CT molecular complexity index is 2800. The molecule has 4 aromatic carbocycles. The van der Waals surface area contributed by atoms with Gasteiger partial charge in [0.2, 0.25) is 0 Å². The maximum absolute atomic E-state index is 13.9. The van der Waals surface area contributed by atoms with Crippen molar-refractivity contribution in [1.82, 2.24) is 9.13 Å². The van der Waals surface area contributed by atoms with Crippen molar-refractivity contribution in [3.8, 4) is 0 Å².